The molecule has 0 bridgehead atoms. The summed E-state index contributed by atoms with van der Waals surface area (Å²) in [5, 5.41) is 2.40. The van der Waals surface area contributed by atoms with Crippen molar-refractivity contribution >= 4 is 10.8 Å². The summed E-state index contributed by atoms with van der Waals surface area (Å²) in [4.78, 5) is 4.13. The molecule has 1 saturated heterocycles. The van der Waals surface area contributed by atoms with Crippen molar-refractivity contribution in [2.45, 2.75) is 38.2 Å². The molecule has 0 saturated carbocycles. The molecule has 2 aromatic carbocycles. The minimum atomic E-state index is -0.706. The Morgan fingerprint density at radius 3 is 2.92 bits per heavy atom. The summed E-state index contributed by atoms with van der Waals surface area (Å²) in [7, 11) is 0. The molecule has 0 N–H and O–H groups in total. The molecular formula is C20H22N2O2. The van der Waals surface area contributed by atoms with Gasteiger partial charge in [-0.1, -0.05) is 42.5 Å². The lowest BCUT2D eigenvalue weighted by molar-refractivity contribution is -0.303. The smallest absolute Gasteiger partial charge is 0.197 e. The minimum Gasteiger partial charge on any atom is -0.346 e. The maximum atomic E-state index is 6.41. The third-order valence-electron chi connectivity index (χ3n) is 4.71. The van der Waals surface area contributed by atoms with Crippen LogP contribution in [0.15, 0.2) is 61.2 Å². The molecule has 1 aliphatic rings. The van der Waals surface area contributed by atoms with Crippen LogP contribution in [0.25, 0.3) is 10.8 Å². The molecule has 3 aromatic rings. The molecule has 0 spiro atoms. The molecule has 0 amide bonds. The highest BCUT2D eigenvalue weighted by molar-refractivity contribution is 5.86. The van der Waals surface area contributed by atoms with Gasteiger partial charge in [-0.25, -0.2) is 4.98 Å². The van der Waals surface area contributed by atoms with E-state index in [2.05, 4.69) is 58.9 Å². The van der Waals surface area contributed by atoms with Crippen molar-refractivity contribution in [3.05, 3.63) is 66.7 Å². The molecule has 4 heteroatoms. The Morgan fingerprint density at radius 1 is 1.21 bits per heavy atom. The largest absolute Gasteiger partial charge is 0.346 e. The second-order valence-electron chi connectivity index (χ2n) is 6.40. The highest BCUT2D eigenvalue weighted by Gasteiger charge is 2.40. The van der Waals surface area contributed by atoms with Crippen molar-refractivity contribution in [2.75, 3.05) is 6.61 Å². The van der Waals surface area contributed by atoms with Crippen molar-refractivity contribution in [1.82, 2.24) is 9.55 Å². The lowest BCUT2D eigenvalue weighted by Gasteiger charge is -2.41. The van der Waals surface area contributed by atoms with Gasteiger partial charge in [0.25, 0.3) is 0 Å². The van der Waals surface area contributed by atoms with Gasteiger partial charge in [0, 0.05) is 30.9 Å². The third kappa shape index (κ3) is 2.83. The first-order valence-electron chi connectivity index (χ1n) is 8.53. The lowest BCUT2D eigenvalue weighted by atomic mass is 9.94. The third-order valence-corrected chi connectivity index (χ3v) is 4.71. The molecule has 4 rings (SSSR count). The predicted molar refractivity (Wildman–Crippen MR) is 93.6 cm³/mol. The Hall–Kier alpha value is -2.17. The monoisotopic (exact) mass is 322 g/mol. The van der Waals surface area contributed by atoms with Gasteiger partial charge in [-0.2, -0.15) is 0 Å². The lowest BCUT2D eigenvalue weighted by Crippen LogP contribution is -2.42. The fraction of sp³-hybridized carbons (Fsp3) is 0.350. The number of ether oxygens (including phenoxy) is 2. The maximum Gasteiger partial charge on any atom is 0.197 e. The van der Waals surface area contributed by atoms with E-state index in [1.54, 1.807) is 6.20 Å². The van der Waals surface area contributed by atoms with Crippen molar-refractivity contribution < 1.29 is 9.47 Å². The molecule has 124 valence electrons. The van der Waals surface area contributed by atoms with Gasteiger partial charge >= 0.3 is 0 Å². The normalized spacial score (nSPS) is 24.3. The molecule has 1 aromatic heterocycles. The van der Waals surface area contributed by atoms with E-state index in [4.69, 9.17) is 9.47 Å². The Morgan fingerprint density at radius 2 is 2.08 bits per heavy atom. The summed E-state index contributed by atoms with van der Waals surface area (Å²) in [6, 6.07) is 14.8. The zero-order chi connectivity index (χ0) is 16.4. The van der Waals surface area contributed by atoms with Crippen LogP contribution in [-0.4, -0.2) is 22.3 Å². The average Bonchev–Trinajstić information content (AvgIpc) is 3.13. The number of aryl methyl sites for hydroxylation is 1. The minimum absolute atomic E-state index is 0.181. The first-order chi connectivity index (χ1) is 11.8. The Balaban J connectivity index is 1.76. The number of benzene rings is 2. The molecule has 24 heavy (non-hydrogen) atoms. The molecule has 0 radical (unpaired) electrons. The highest BCUT2D eigenvalue weighted by atomic mass is 16.7. The van der Waals surface area contributed by atoms with E-state index < -0.39 is 5.79 Å². The average molecular weight is 322 g/mol. The zero-order valence-electron chi connectivity index (χ0n) is 13.9. The van der Waals surface area contributed by atoms with Crippen LogP contribution in [0, 0.1) is 0 Å². The molecule has 1 fully saturated rings. The quantitative estimate of drug-likeness (QED) is 0.725. The van der Waals surface area contributed by atoms with Crippen LogP contribution in [0.2, 0.25) is 0 Å². The number of imidazole rings is 1. The fourth-order valence-electron chi connectivity index (χ4n) is 3.47. The van der Waals surface area contributed by atoms with Crippen molar-refractivity contribution in [1.29, 1.82) is 0 Å². The van der Waals surface area contributed by atoms with Crippen molar-refractivity contribution in [2.24, 2.45) is 0 Å². The van der Waals surface area contributed by atoms with Crippen molar-refractivity contribution in [3.8, 4) is 0 Å². The Kier molecular flexibility index (Phi) is 4.08. The molecule has 2 heterocycles. The number of aromatic nitrogens is 2. The van der Waals surface area contributed by atoms with Crippen LogP contribution in [0.4, 0.5) is 0 Å². The van der Waals surface area contributed by atoms with E-state index >= 15 is 0 Å². The molecular weight excluding hydrogens is 300 g/mol. The topological polar surface area (TPSA) is 36.3 Å². The molecule has 0 aliphatic carbocycles. The number of hydrogen-bond acceptors (Lipinski definition) is 3. The SMILES string of the molecule is CC1CCOC(CCn2ccnc2)(c2cccc3ccccc23)O1. The second kappa shape index (κ2) is 6.38. The van der Waals surface area contributed by atoms with E-state index in [1.807, 2.05) is 12.5 Å². The van der Waals surface area contributed by atoms with Crippen LogP contribution >= 0.6 is 0 Å². The van der Waals surface area contributed by atoms with Crippen LogP contribution < -0.4 is 0 Å². The Labute approximate surface area is 142 Å². The fourth-order valence-corrected chi connectivity index (χ4v) is 3.47. The van der Waals surface area contributed by atoms with E-state index in [0.717, 1.165) is 24.9 Å². The Bertz CT molecular complexity index is 810. The van der Waals surface area contributed by atoms with Gasteiger partial charge in [-0.3, -0.25) is 0 Å². The first-order valence-corrected chi connectivity index (χ1v) is 8.53. The van der Waals surface area contributed by atoms with Gasteiger partial charge in [0.15, 0.2) is 5.79 Å². The summed E-state index contributed by atoms with van der Waals surface area (Å²) < 4.78 is 14.8. The number of rotatable bonds is 4. The van der Waals surface area contributed by atoms with Gasteiger partial charge in [0.05, 0.1) is 19.0 Å². The van der Waals surface area contributed by atoms with Crippen LogP contribution in [0.3, 0.4) is 0 Å². The van der Waals surface area contributed by atoms with Crippen LogP contribution in [0.1, 0.15) is 25.3 Å². The molecule has 1 aliphatic heterocycles. The maximum absolute atomic E-state index is 6.41. The van der Waals surface area contributed by atoms with Gasteiger partial charge in [0.2, 0.25) is 0 Å². The van der Waals surface area contributed by atoms with E-state index in [9.17, 15) is 0 Å². The molecule has 4 nitrogen and oxygen atoms in total. The summed E-state index contributed by atoms with van der Waals surface area (Å²) in [5.74, 6) is -0.706. The van der Waals surface area contributed by atoms with E-state index in [-0.39, 0.29) is 6.10 Å². The highest BCUT2D eigenvalue weighted by Crippen LogP contribution is 2.40. The van der Waals surface area contributed by atoms with E-state index in [0.29, 0.717) is 6.61 Å². The van der Waals surface area contributed by atoms with Gasteiger partial charge < -0.3 is 14.0 Å². The number of hydrogen-bond donors (Lipinski definition) is 0. The van der Waals surface area contributed by atoms with Gasteiger partial charge in [-0.05, 0) is 24.1 Å². The van der Waals surface area contributed by atoms with E-state index in [1.165, 1.54) is 10.8 Å². The number of nitrogens with zero attached hydrogens (tertiary/aromatic N) is 2. The summed E-state index contributed by atoms with van der Waals surface area (Å²) >= 11 is 0. The summed E-state index contributed by atoms with van der Waals surface area (Å²) in [6.45, 7) is 3.64. The van der Waals surface area contributed by atoms with Gasteiger partial charge in [-0.15, -0.1) is 0 Å². The number of fused-ring (bicyclic) bond motifs is 1. The van der Waals surface area contributed by atoms with Crippen molar-refractivity contribution in [3.63, 3.8) is 0 Å². The van der Waals surface area contributed by atoms with Gasteiger partial charge in [0.1, 0.15) is 0 Å². The molecule has 2 unspecified atom stereocenters. The second-order valence-corrected chi connectivity index (χ2v) is 6.40. The van der Waals surface area contributed by atoms with Crippen LogP contribution in [-0.2, 0) is 21.8 Å². The predicted octanol–water partition coefficient (Wildman–Crippen LogP) is 4.10. The summed E-state index contributed by atoms with van der Waals surface area (Å²) in [5.41, 5.74) is 1.12. The standard InChI is InChI=1S/C20H22N2O2/c1-16-9-14-23-20(24-16,10-12-22-13-11-21-15-22)19-8-4-6-17-5-2-3-7-18(17)19/h2-8,11,13,15-16H,9-10,12,14H2,1H3. The van der Waals surface area contributed by atoms with Crippen LogP contribution in [0.5, 0.6) is 0 Å². The summed E-state index contributed by atoms with van der Waals surface area (Å²) in [6.07, 6.45) is 7.47. The zero-order valence-corrected chi connectivity index (χ0v) is 13.9. The first kappa shape index (κ1) is 15.4. The molecule has 2 atom stereocenters.